The van der Waals surface area contributed by atoms with Gasteiger partial charge >= 0.3 is 0 Å². The van der Waals surface area contributed by atoms with E-state index in [9.17, 15) is 0 Å². The largest absolute Gasteiger partial charge is 0.497 e. The molecule has 8 heteroatoms. The van der Waals surface area contributed by atoms with Gasteiger partial charge in [0.05, 0.1) is 33.2 Å². The molecular formula is C19H21N5O3. The normalized spacial score (nSPS) is 10.2. The zero-order valence-electron chi connectivity index (χ0n) is 15.4. The lowest BCUT2D eigenvalue weighted by Crippen LogP contribution is -2.07. The van der Waals surface area contributed by atoms with Gasteiger partial charge in [0.25, 0.3) is 0 Å². The summed E-state index contributed by atoms with van der Waals surface area (Å²) in [5.41, 5.74) is 1.70. The number of aromatic nitrogens is 3. The van der Waals surface area contributed by atoms with Crippen molar-refractivity contribution in [3.8, 4) is 17.2 Å². The van der Waals surface area contributed by atoms with Crippen LogP contribution >= 0.6 is 0 Å². The fourth-order valence-corrected chi connectivity index (χ4v) is 2.51. The Balaban J connectivity index is 1.74. The van der Waals surface area contributed by atoms with Crippen molar-refractivity contribution >= 4 is 17.5 Å². The minimum atomic E-state index is 0.339. The highest BCUT2D eigenvalue weighted by atomic mass is 16.5. The molecule has 0 saturated heterocycles. The van der Waals surface area contributed by atoms with Crippen LogP contribution in [0.4, 0.5) is 17.5 Å². The van der Waals surface area contributed by atoms with Gasteiger partial charge in [-0.15, -0.1) is 5.10 Å². The maximum Gasteiger partial charge on any atom is 0.249 e. The number of para-hydroxylation sites is 1. The maximum absolute atomic E-state index is 5.36. The van der Waals surface area contributed by atoms with Crippen molar-refractivity contribution in [1.29, 1.82) is 0 Å². The molecule has 0 fully saturated rings. The average molecular weight is 367 g/mol. The minimum absolute atomic E-state index is 0.339. The highest BCUT2D eigenvalue weighted by Crippen LogP contribution is 2.30. The van der Waals surface area contributed by atoms with E-state index in [0.29, 0.717) is 35.5 Å². The lowest BCUT2D eigenvalue weighted by molar-refractivity contribution is 0.405. The third kappa shape index (κ3) is 4.55. The second kappa shape index (κ2) is 8.70. The van der Waals surface area contributed by atoms with Crippen LogP contribution in [-0.2, 0) is 6.54 Å². The molecule has 0 amide bonds. The fourth-order valence-electron chi connectivity index (χ4n) is 2.51. The molecule has 0 bridgehead atoms. The van der Waals surface area contributed by atoms with Crippen molar-refractivity contribution in [3.63, 3.8) is 0 Å². The molecule has 0 spiro atoms. The second-order valence-electron chi connectivity index (χ2n) is 5.52. The molecule has 0 atom stereocenters. The van der Waals surface area contributed by atoms with Gasteiger partial charge in [0.15, 0.2) is 5.82 Å². The monoisotopic (exact) mass is 367 g/mol. The molecule has 0 aliphatic carbocycles. The van der Waals surface area contributed by atoms with E-state index >= 15 is 0 Å². The van der Waals surface area contributed by atoms with Gasteiger partial charge < -0.3 is 24.8 Å². The summed E-state index contributed by atoms with van der Waals surface area (Å²) in [4.78, 5) is 4.44. The summed E-state index contributed by atoms with van der Waals surface area (Å²) >= 11 is 0. The number of ether oxygens (including phenoxy) is 3. The van der Waals surface area contributed by atoms with E-state index in [0.717, 1.165) is 11.3 Å². The molecule has 0 radical (unpaired) electrons. The van der Waals surface area contributed by atoms with E-state index in [1.807, 2.05) is 30.3 Å². The molecule has 0 unspecified atom stereocenters. The van der Waals surface area contributed by atoms with E-state index in [2.05, 4.69) is 25.8 Å². The molecule has 3 aromatic rings. The van der Waals surface area contributed by atoms with E-state index in [1.54, 1.807) is 39.7 Å². The first-order chi connectivity index (χ1) is 13.2. The number of benzene rings is 2. The molecule has 0 aliphatic rings. The molecule has 0 aliphatic heterocycles. The second-order valence-corrected chi connectivity index (χ2v) is 5.52. The molecule has 3 rings (SSSR count). The van der Waals surface area contributed by atoms with E-state index in [-0.39, 0.29) is 0 Å². The molecular weight excluding hydrogens is 346 g/mol. The Kier molecular flexibility index (Phi) is 5.88. The third-order valence-electron chi connectivity index (χ3n) is 3.86. The van der Waals surface area contributed by atoms with Gasteiger partial charge in [-0.05, 0) is 18.2 Å². The first-order valence-corrected chi connectivity index (χ1v) is 8.28. The Labute approximate surface area is 157 Å². The Morgan fingerprint density at radius 3 is 2.52 bits per heavy atom. The van der Waals surface area contributed by atoms with Crippen molar-refractivity contribution in [1.82, 2.24) is 15.2 Å². The summed E-state index contributed by atoms with van der Waals surface area (Å²) in [7, 11) is 4.85. The predicted molar refractivity (Wildman–Crippen MR) is 103 cm³/mol. The minimum Gasteiger partial charge on any atom is -0.497 e. The number of hydrogen-bond donors (Lipinski definition) is 2. The smallest absolute Gasteiger partial charge is 0.249 e. The number of anilines is 3. The number of nitrogens with one attached hydrogen (secondary N) is 2. The van der Waals surface area contributed by atoms with E-state index in [4.69, 9.17) is 14.2 Å². The lowest BCUT2D eigenvalue weighted by Gasteiger charge is -2.12. The first kappa shape index (κ1) is 18.2. The van der Waals surface area contributed by atoms with Crippen molar-refractivity contribution in [2.45, 2.75) is 6.54 Å². The molecule has 27 heavy (non-hydrogen) atoms. The molecule has 0 saturated carbocycles. The summed E-state index contributed by atoms with van der Waals surface area (Å²) in [5, 5.41) is 14.3. The van der Waals surface area contributed by atoms with Gasteiger partial charge in [0, 0.05) is 18.2 Å². The van der Waals surface area contributed by atoms with Gasteiger partial charge in [0.2, 0.25) is 5.95 Å². The maximum atomic E-state index is 5.36. The first-order valence-electron chi connectivity index (χ1n) is 8.28. The zero-order chi connectivity index (χ0) is 19.1. The molecule has 140 valence electrons. The Morgan fingerprint density at radius 2 is 1.74 bits per heavy atom. The van der Waals surface area contributed by atoms with Crippen molar-refractivity contribution in [2.24, 2.45) is 0 Å². The summed E-state index contributed by atoms with van der Waals surface area (Å²) in [5.74, 6) is 3.07. The van der Waals surface area contributed by atoms with Crippen LogP contribution < -0.4 is 24.8 Å². The average Bonchev–Trinajstić information content (AvgIpc) is 2.72. The highest BCUT2D eigenvalue weighted by molar-refractivity contribution is 5.65. The van der Waals surface area contributed by atoms with Gasteiger partial charge in [-0.2, -0.15) is 10.1 Å². The predicted octanol–water partition coefficient (Wildman–Crippen LogP) is 3.25. The molecule has 8 nitrogen and oxygen atoms in total. The molecule has 2 N–H and O–H groups in total. The molecule has 2 aromatic carbocycles. The van der Waals surface area contributed by atoms with Crippen LogP contribution in [0.25, 0.3) is 0 Å². The quantitative estimate of drug-likeness (QED) is 0.627. The number of hydrogen-bond acceptors (Lipinski definition) is 8. The van der Waals surface area contributed by atoms with Gasteiger partial charge in [-0.1, -0.05) is 18.2 Å². The van der Waals surface area contributed by atoms with Crippen LogP contribution in [0.15, 0.2) is 48.7 Å². The summed E-state index contributed by atoms with van der Waals surface area (Å²) in [6, 6.07) is 13.2. The standard InChI is InChI=1S/C19H21N5O3/c1-25-14-8-9-17(27-3)15(10-14)22-19-23-18(12-21-24-19)20-11-13-6-4-5-7-16(13)26-2/h4-10,12H,11H2,1-3H3,(H2,20,22,23,24). The van der Waals surface area contributed by atoms with Crippen molar-refractivity contribution < 1.29 is 14.2 Å². The third-order valence-corrected chi connectivity index (χ3v) is 3.86. The number of rotatable bonds is 8. The SMILES string of the molecule is COc1ccc(OC)c(Nc2nncc(NCc3ccccc3OC)n2)c1. The lowest BCUT2D eigenvalue weighted by atomic mass is 10.2. The summed E-state index contributed by atoms with van der Waals surface area (Å²) < 4.78 is 16.0. The van der Waals surface area contributed by atoms with Crippen LogP contribution in [0.1, 0.15) is 5.56 Å². The topological polar surface area (TPSA) is 90.4 Å². The molecule has 1 heterocycles. The van der Waals surface area contributed by atoms with Gasteiger partial charge in [-0.3, -0.25) is 0 Å². The summed E-state index contributed by atoms with van der Waals surface area (Å²) in [6.45, 7) is 0.546. The molecule has 1 aromatic heterocycles. The van der Waals surface area contributed by atoms with Crippen LogP contribution in [0, 0.1) is 0 Å². The van der Waals surface area contributed by atoms with Crippen LogP contribution in [0.3, 0.4) is 0 Å². The Bertz CT molecular complexity index is 904. The Morgan fingerprint density at radius 1 is 0.926 bits per heavy atom. The van der Waals surface area contributed by atoms with E-state index in [1.165, 1.54) is 0 Å². The fraction of sp³-hybridized carbons (Fsp3) is 0.211. The Hall–Kier alpha value is -3.55. The van der Waals surface area contributed by atoms with Crippen LogP contribution in [0.5, 0.6) is 17.2 Å². The zero-order valence-corrected chi connectivity index (χ0v) is 15.4. The van der Waals surface area contributed by atoms with Crippen molar-refractivity contribution in [3.05, 3.63) is 54.2 Å². The van der Waals surface area contributed by atoms with Crippen LogP contribution in [0.2, 0.25) is 0 Å². The highest BCUT2D eigenvalue weighted by Gasteiger charge is 2.09. The van der Waals surface area contributed by atoms with E-state index < -0.39 is 0 Å². The summed E-state index contributed by atoms with van der Waals surface area (Å²) in [6.07, 6.45) is 1.56. The van der Waals surface area contributed by atoms with Gasteiger partial charge in [-0.25, -0.2) is 0 Å². The number of methoxy groups -OCH3 is 3. The van der Waals surface area contributed by atoms with Crippen LogP contribution in [-0.4, -0.2) is 36.5 Å². The van der Waals surface area contributed by atoms with Gasteiger partial charge in [0.1, 0.15) is 17.2 Å². The number of nitrogens with zero attached hydrogens (tertiary/aromatic N) is 3. The van der Waals surface area contributed by atoms with Crippen molar-refractivity contribution in [2.75, 3.05) is 32.0 Å².